The Morgan fingerprint density at radius 3 is 2.78 bits per heavy atom. The summed E-state index contributed by atoms with van der Waals surface area (Å²) in [6, 6.07) is -0.103. The molecule has 1 fully saturated rings. The maximum Gasteiger partial charge on any atom is 0.345 e. The van der Waals surface area contributed by atoms with Crippen molar-refractivity contribution in [1.29, 1.82) is 0 Å². The fourth-order valence-electron chi connectivity index (χ4n) is 3.54. The Hall–Kier alpha value is -1.79. The molecule has 1 aliphatic heterocycles. The summed E-state index contributed by atoms with van der Waals surface area (Å²) in [5.41, 5.74) is -0.00890. The zero-order valence-corrected chi connectivity index (χ0v) is 13.7. The standard InChI is InChI=1S/C16H27N5O2/c22-15(18-12-13-6-1-2-7-13)17-9-5-11-21-16(23)20-10-4-3-8-14(20)19-21/h13H,1-12H2,(H2,17,18,22). The van der Waals surface area contributed by atoms with Crippen molar-refractivity contribution < 1.29 is 4.79 Å². The van der Waals surface area contributed by atoms with Gasteiger partial charge in [-0.25, -0.2) is 14.3 Å². The monoisotopic (exact) mass is 321 g/mol. The van der Waals surface area contributed by atoms with Gasteiger partial charge in [0.15, 0.2) is 0 Å². The Bertz CT molecular complexity index is 586. The fourth-order valence-corrected chi connectivity index (χ4v) is 3.54. The van der Waals surface area contributed by atoms with E-state index in [4.69, 9.17) is 0 Å². The second-order valence-electron chi connectivity index (χ2n) is 6.67. The Labute approximate surface area is 136 Å². The van der Waals surface area contributed by atoms with Gasteiger partial charge in [0.1, 0.15) is 5.82 Å². The van der Waals surface area contributed by atoms with Gasteiger partial charge in [-0.2, -0.15) is 5.10 Å². The lowest BCUT2D eigenvalue weighted by molar-refractivity contribution is 0.238. The first-order chi connectivity index (χ1) is 11.2. The topological polar surface area (TPSA) is 81.0 Å². The van der Waals surface area contributed by atoms with E-state index in [-0.39, 0.29) is 11.7 Å². The van der Waals surface area contributed by atoms with Gasteiger partial charge in [-0.15, -0.1) is 0 Å². The number of urea groups is 1. The van der Waals surface area contributed by atoms with E-state index in [2.05, 4.69) is 15.7 Å². The smallest absolute Gasteiger partial charge is 0.338 e. The Balaban J connectivity index is 1.35. The predicted octanol–water partition coefficient (Wildman–Crippen LogP) is 1.26. The highest BCUT2D eigenvalue weighted by atomic mass is 16.2. The largest absolute Gasteiger partial charge is 0.345 e. The van der Waals surface area contributed by atoms with Gasteiger partial charge in [-0.05, 0) is 38.0 Å². The lowest BCUT2D eigenvalue weighted by Gasteiger charge is -2.11. The quantitative estimate of drug-likeness (QED) is 0.774. The molecular formula is C16H27N5O2. The maximum atomic E-state index is 12.2. The molecule has 2 aliphatic rings. The van der Waals surface area contributed by atoms with Crippen molar-refractivity contribution in [2.75, 3.05) is 13.1 Å². The van der Waals surface area contributed by atoms with Crippen LogP contribution in [0.25, 0.3) is 0 Å². The molecule has 0 atom stereocenters. The van der Waals surface area contributed by atoms with Gasteiger partial charge in [0.2, 0.25) is 0 Å². The van der Waals surface area contributed by atoms with Crippen LogP contribution in [-0.2, 0) is 19.5 Å². The van der Waals surface area contributed by atoms with Crippen molar-refractivity contribution >= 4 is 6.03 Å². The van der Waals surface area contributed by atoms with Crippen LogP contribution in [0.2, 0.25) is 0 Å². The molecule has 2 amide bonds. The number of carbonyl (C=O) groups excluding carboxylic acids is 1. The number of amides is 2. The van der Waals surface area contributed by atoms with E-state index in [0.717, 1.165) is 38.2 Å². The minimum absolute atomic E-state index is 0.00890. The molecule has 7 nitrogen and oxygen atoms in total. The van der Waals surface area contributed by atoms with Crippen LogP contribution in [-0.4, -0.2) is 33.5 Å². The Kier molecular flexibility index (Phi) is 5.35. The molecule has 3 rings (SSSR count). The second-order valence-corrected chi connectivity index (χ2v) is 6.67. The summed E-state index contributed by atoms with van der Waals surface area (Å²) in [6.07, 6.45) is 8.81. The van der Waals surface area contributed by atoms with E-state index >= 15 is 0 Å². The third kappa shape index (κ3) is 4.14. The van der Waals surface area contributed by atoms with Crippen molar-refractivity contribution in [3.8, 4) is 0 Å². The van der Waals surface area contributed by atoms with Crippen LogP contribution in [0.5, 0.6) is 0 Å². The molecule has 2 N–H and O–H groups in total. The van der Waals surface area contributed by atoms with Gasteiger partial charge in [0.25, 0.3) is 0 Å². The van der Waals surface area contributed by atoms with Crippen molar-refractivity contribution in [3.05, 3.63) is 16.3 Å². The normalized spacial score (nSPS) is 17.9. The summed E-state index contributed by atoms with van der Waals surface area (Å²) in [7, 11) is 0. The van der Waals surface area contributed by atoms with Crippen LogP contribution >= 0.6 is 0 Å². The number of rotatable bonds is 6. The number of nitrogens with one attached hydrogen (secondary N) is 2. The molecule has 0 aromatic carbocycles. The molecule has 0 unspecified atom stereocenters. The van der Waals surface area contributed by atoms with Crippen LogP contribution in [0.3, 0.4) is 0 Å². The van der Waals surface area contributed by atoms with Crippen LogP contribution in [0.15, 0.2) is 4.79 Å². The molecule has 0 radical (unpaired) electrons. The summed E-state index contributed by atoms with van der Waals surface area (Å²) >= 11 is 0. The molecule has 0 bridgehead atoms. The number of carbonyl (C=O) groups is 1. The Morgan fingerprint density at radius 2 is 2.00 bits per heavy atom. The number of hydrogen-bond acceptors (Lipinski definition) is 3. The summed E-state index contributed by atoms with van der Waals surface area (Å²) in [4.78, 5) is 23.9. The average molecular weight is 321 g/mol. The molecule has 1 aromatic rings. The number of aryl methyl sites for hydroxylation is 2. The van der Waals surface area contributed by atoms with Gasteiger partial charge in [-0.1, -0.05) is 12.8 Å². The van der Waals surface area contributed by atoms with Crippen LogP contribution in [0, 0.1) is 5.92 Å². The zero-order valence-electron chi connectivity index (χ0n) is 13.7. The number of aromatic nitrogens is 3. The molecule has 2 heterocycles. The first kappa shape index (κ1) is 16.1. The summed E-state index contributed by atoms with van der Waals surface area (Å²) in [5.74, 6) is 1.56. The van der Waals surface area contributed by atoms with Gasteiger partial charge in [-0.3, -0.25) is 4.57 Å². The molecule has 1 saturated carbocycles. The minimum Gasteiger partial charge on any atom is -0.338 e. The lowest BCUT2D eigenvalue weighted by atomic mass is 10.1. The van der Waals surface area contributed by atoms with E-state index in [1.807, 2.05) is 0 Å². The molecule has 7 heteroatoms. The molecule has 23 heavy (non-hydrogen) atoms. The van der Waals surface area contributed by atoms with E-state index in [9.17, 15) is 9.59 Å². The van der Waals surface area contributed by atoms with E-state index in [1.54, 1.807) is 9.25 Å². The summed E-state index contributed by atoms with van der Waals surface area (Å²) in [6.45, 7) is 2.68. The Morgan fingerprint density at radius 1 is 1.17 bits per heavy atom. The van der Waals surface area contributed by atoms with E-state index in [0.29, 0.717) is 25.4 Å². The van der Waals surface area contributed by atoms with E-state index in [1.165, 1.54) is 25.7 Å². The molecule has 0 spiro atoms. The number of hydrogen-bond donors (Lipinski definition) is 2. The lowest BCUT2D eigenvalue weighted by Crippen LogP contribution is -2.38. The minimum atomic E-state index is -0.103. The van der Waals surface area contributed by atoms with Crippen molar-refractivity contribution in [3.63, 3.8) is 0 Å². The molecule has 0 saturated heterocycles. The van der Waals surface area contributed by atoms with Crippen molar-refractivity contribution in [2.45, 2.75) is 64.5 Å². The molecule has 128 valence electrons. The molecule has 1 aromatic heterocycles. The van der Waals surface area contributed by atoms with Crippen molar-refractivity contribution in [2.24, 2.45) is 5.92 Å². The van der Waals surface area contributed by atoms with Gasteiger partial charge < -0.3 is 10.6 Å². The zero-order chi connectivity index (χ0) is 16.1. The SMILES string of the molecule is O=C(NCCCn1nc2n(c1=O)CCCC2)NCC1CCCC1. The summed E-state index contributed by atoms with van der Waals surface area (Å²) in [5, 5.41) is 10.2. The van der Waals surface area contributed by atoms with Gasteiger partial charge in [0.05, 0.1) is 0 Å². The average Bonchev–Trinajstić information content (AvgIpc) is 3.19. The molecular weight excluding hydrogens is 294 g/mol. The highest BCUT2D eigenvalue weighted by molar-refractivity contribution is 5.73. The fraction of sp³-hybridized carbons (Fsp3) is 0.812. The first-order valence-electron chi connectivity index (χ1n) is 8.92. The highest BCUT2D eigenvalue weighted by Gasteiger charge is 2.17. The van der Waals surface area contributed by atoms with Crippen molar-refractivity contribution in [1.82, 2.24) is 25.0 Å². The second kappa shape index (κ2) is 7.66. The van der Waals surface area contributed by atoms with Gasteiger partial charge >= 0.3 is 11.7 Å². The van der Waals surface area contributed by atoms with Crippen LogP contribution < -0.4 is 16.3 Å². The maximum absolute atomic E-state index is 12.2. The number of nitrogens with zero attached hydrogens (tertiary/aromatic N) is 3. The summed E-state index contributed by atoms with van der Waals surface area (Å²) < 4.78 is 3.32. The predicted molar refractivity (Wildman–Crippen MR) is 87.4 cm³/mol. The molecule has 1 aliphatic carbocycles. The van der Waals surface area contributed by atoms with Crippen LogP contribution in [0.4, 0.5) is 4.79 Å². The van der Waals surface area contributed by atoms with E-state index < -0.39 is 0 Å². The number of fused-ring (bicyclic) bond motifs is 1. The van der Waals surface area contributed by atoms with Gasteiger partial charge in [0, 0.05) is 32.6 Å². The first-order valence-corrected chi connectivity index (χ1v) is 8.92. The highest BCUT2D eigenvalue weighted by Crippen LogP contribution is 2.23. The third-order valence-electron chi connectivity index (χ3n) is 4.89. The third-order valence-corrected chi connectivity index (χ3v) is 4.89. The van der Waals surface area contributed by atoms with Crippen LogP contribution in [0.1, 0.15) is 50.8 Å².